The minimum absolute atomic E-state index is 0.536. The summed E-state index contributed by atoms with van der Waals surface area (Å²) in [6.45, 7) is 6.15. The molecule has 0 heterocycles. The number of hydrogen-bond donors (Lipinski definition) is 1. The van der Waals surface area contributed by atoms with Gasteiger partial charge in [-0.15, -0.1) is 0 Å². The largest absolute Gasteiger partial charge is 0.496 e. The Morgan fingerprint density at radius 3 is 2.19 bits per heavy atom. The van der Waals surface area contributed by atoms with Gasteiger partial charge < -0.3 is 9.84 Å². The molecule has 1 atom stereocenters. The van der Waals surface area contributed by atoms with Crippen LogP contribution in [0.2, 0.25) is 0 Å². The zero-order chi connectivity index (χ0) is 15.4. The van der Waals surface area contributed by atoms with Crippen molar-refractivity contribution in [2.75, 3.05) is 7.11 Å². The molecule has 2 aromatic rings. The number of aliphatic hydroxyl groups excluding tert-OH is 1. The van der Waals surface area contributed by atoms with Crippen molar-refractivity contribution in [3.8, 4) is 5.75 Å². The highest BCUT2D eigenvalue weighted by molar-refractivity contribution is 7.99. The predicted molar refractivity (Wildman–Crippen MR) is 88.3 cm³/mol. The van der Waals surface area contributed by atoms with Gasteiger partial charge in [-0.05, 0) is 42.7 Å². The van der Waals surface area contributed by atoms with Gasteiger partial charge in [-0.3, -0.25) is 0 Å². The maximum Gasteiger partial charge on any atom is 0.125 e. The molecule has 21 heavy (non-hydrogen) atoms. The van der Waals surface area contributed by atoms with Crippen LogP contribution in [0.3, 0.4) is 0 Å². The van der Waals surface area contributed by atoms with Crippen LogP contribution < -0.4 is 4.74 Å². The maximum atomic E-state index is 10.0. The second-order valence-electron chi connectivity index (χ2n) is 5.37. The van der Waals surface area contributed by atoms with Crippen LogP contribution in [0.5, 0.6) is 5.75 Å². The van der Waals surface area contributed by atoms with Gasteiger partial charge in [0.15, 0.2) is 0 Å². The smallest absolute Gasteiger partial charge is 0.125 e. The van der Waals surface area contributed by atoms with Gasteiger partial charge >= 0.3 is 0 Å². The number of benzene rings is 2. The SMILES string of the molecule is COc1cccc(Sc2ccc(C(C)C)cc2)c1C(C)O. The molecule has 0 spiro atoms. The summed E-state index contributed by atoms with van der Waals surface area (Å²) in [6, 6.07) is 14.4. The molecule has 0 fully saturated rings. The normalized spacial score (nSPS) is 12.5. The maximum absolute atomic E-state index is 10.0. The quantitative estimate of drug-likeness (QED) is 0.840. The summed E-state index contributed by atoms with van der Waals surface area (Å²) < 4.78 is 5.36. The van der Waals surface area contributed by atoms with Gasteiger partial charge in [-0.25, -0.2) is 0 Å². The Morgan fingerprint density at radius 1 is 1.00 bits per heavy atom. The van der Waals surface area contributed by atoms with E-state index in [2.05, 4.69) is 38.1 Å². The van der Waals surface area contributed by atoms with E-state index in [1.165, 1.54) is 5.56 Å². The lowest BCUT2D eigenvalue weighted by Gasteiger charge is -2.16. The Kier molecular flexibility index (Phi) is 5.32. The van der Waals surface area contributed by atoms with Crippen molar-refractivity contribution in [3.05, 3.63) is 53.6 Å². The lowest BCUT2D eigenvalue weighted by atomic mass is 10.0. The number of methoxy groups -OCH3 is 1. The molecule has 3 heteroatoms. The van der Waals surface area contributed by atoms with Crippen molar-refractivity contribution in [2.45, 2.75) is 42.6 Å². The van der Waals surface area contributed by atoms with E-state index < -0.39 is 6.10 Å². The molecular formula is C18H22O2S. The molecule has 0 aliphatic rings. The molecule has 0 radical (unpaired) electrons. The minimum atomic E-state index is -0.557. The summed E-state index contributed by atoms with van der Waals surface area (Å²) in [5.74, 6) is 1.27. The Hall–Kier alpha value is -1.45. The van der Waals surface area contributed by atoms with E-state index in [0.29, 0.717) is 5.92 Å². The summed E-state index contributed by atoms with van der Waals surface area (Å²) in [5, 5.41) is 10.0. The Bertz CT molecular complexity index is 589. The van der Waals surface area contributed by atoms with Gasteiger partial charge in [0.1, 0.15) is 5.75 Å². The number of rotatable bonds is 5. The fourth-order valence-corrected chi connectivity index (χ4v) is 3.30. The van der Waals surface area contributed by atoms with E-state index >= 15 is 0 Å². The Balaban J connectivity index is 2.30. The fraction of sp³-hybridized carbons (Fsp3) is 0.333. The van der Waals surface area contributed by atoms with Crippen molar-refractivity contribution in [2.24, 2.45) is 0 Å². The monoisotopic (exact) mass is 302 g/mol. The van der Waals surface area contributed by atoms with Crippen molar-refractivity contribution >= 4 is 11.8 Å². The Morgan fingerprint density at radius 2 is 1.67 bits per heavy atom. The predicted octanol–water partition coefficient (Wildman–Crippen LogP) is 5.02. The van der Waals surface area contributed by atoms with Crippen molar-refractivity contribution < 1.29 is 9.84 Å². The van der Waals surface area contributed by atoms with Crippen LogP contribution in [0, 0.1) is 0 Å². The highest BCUT2D eigenvalue weighted by Gasteiger charge is 2.15. The second-order valence-corrected chi connectivity index (χ2v) is 6.49. The molecule has 112 valence electrons. The average molecular weight is 302 g/mol. The van der Waals surface area contributed by atoms with E-state index in [1.807, 2.05) is 18.2 Å². The molecule has 0 bridgehead atoms. The molecule has 0 aromatic heterocycles. The summed E-state index contributed by atoms with van der Waals surface area (Å²) >= 11 is 1.65. The van der Waals surface area contributed by atoms with Crippen molar-refractivity contribution in [3.63, 3.8) is 0 Å². The summed E-state index contributed by atoms with van der Waals surface area (Å²) in [7, 11) is 1.63. The first-order valence-corrected chi connectivity index (χ1v) is 7.97. The summed E-state index contributed by atoms with van der Waals surface area (Å²) in [5.41, 5.74) is 2.18. The van der Waals surface area contributed by atoms with Crippen LogP contribution in [0.25, 0.3) is 0 Å². The minimum Gasteiger partial charge on any atom is -0.496 e. The van der Waals surface area contributed by atoms with Gasteiger partial charge in [0, 0.05) is 15.4 Å². The van der Waals surface area contributed by atoms with Gasteiger partial charge in [0.05, 0.1) is 13.2 Å². The number of hydrogen-bond acceptors (Lipinski definition) is 3. The summed E-state index contributed by atoms with van der Waals surface area (Å²) in [6.07, 6.45) is -0.557. The topological polar surface area (TPSA) is 29.5 Å². The molecule has 0 aliphatic carbocycles. The highest BCUT2D eigenvalue weighted by Crippen LogP contribution is 2.38. The first kappa shape index (κ1) is 15.9. The average Bonchev–Trinajstić information content (AvgIpc) is 2.47. The summed E-state index contributed by atoms with van der Waals surface area (Å²) in [4.78, 5) is 2.19. The van der Waals surface area contributed by atoms with Crippen LogP contribution in [0.1, 0.15) is 43.9 Å². The van der Waals surface area contributed by atoms with Crippen LogP contribution in [0.4, 0.5) is 0 Å². The second kappa shape index (κ2) is 7.01. The third-order valence-corrected chi connectivity index (χ3v) is 4.52. The van der Waals surface area contributed by atoms with Crippen LogP contribution >= 0.6 is 11.8 Å². The molecule has 0 amide bonds. The van der Waals surface area contributed by atoms with Crippen molar-refractivity contribution in [1.82, 2.24) is 0 Å². The molecule has 0 saturated heterocycles. The lowest BCUT2D eigenvalue weighted by Crippen LogP contribution is -1.98. The highest BCUT2D eigenvalue weighted by atomic mass is 32.2. The zero-order valence-electron chi connectivity index (χ0n) is 13.0. The molecule has 1 N–H and O–H groups in total. The Labute approximate surface area is 131 Å². The van der Waals surface area contributed by atoms with E-state index in [4.69, 9.17) is 4.74 Å². The molecule has 2 aromatic carbocycles. The van der Waals surface area contributed by atoms with Crippen LogP contribution in [0.15, 0.2) is 52.3 Å². The standard InChI is InChI=1S/C18H22O2S/c1-12(2)14-8-10-15(11-9-14)21-17-7-5-6-16(20-4)18(17)13(3)19/h5-13,19H,1-4H3. The first-order chi connectivity index (χ1) is 10.0. The van der Waals surface area contributed by atoms with Gasteiger partial charge in [0.25, 0.3) is 0 Å². The zero-order valence-corrected chi connectivity index (χ0v) is 13.8. The van der Waals surface area contributed by atoms with E-state index in [1.54, 1.807) is 25.8 Å². The molecule has 2 rings (SSSR count). The molecular weight excluding hydrogens is 280 g/mol. The van der Waals surface area contributed by atoms with Gasteiger partial charge in [-0.2, -0.15) is 0 Å². The van der Waals surface area contributed by atoms with Gasteiger partial charge in [-0.1, -0.05) is 43.8 Å². The third-order valence-electron chi connectivity index (χ3n) is 3.44. The molecule has 1 unspecified atom stereocenters. The number of ether oxygens (including phenoxy) is 1. The van der Waals surface area contributed by atoms with Crippen LogP contribution in [-0.2, 0) is 0 Å². The van der Waals surface area contributed by atoms with E-state index in [0.717, 1.165) is 21.1 Å². The van der Waals surface area contributed by atoms with Crippen LogP contribution in [-0.4, -0.2) is 12.2 Å². The first-order valence-electron chi connectivity index (χ1n) is 7.15. The molecule has 0 saturated carbocycles. The molecule has 0 aliphatic heterocycles. The van der Waals surface area contributed by atoms with Crippen molar-refractivity contribution in [1.29, 1.82) is 0 Å². The van der Waals surface area contributed by atoms with E-state index in [-0.39, 0.29) is 0 Å². The third kappa shape index (κ3) is 3.80. The lowest BCUT2D eigenvalue weighted by molar-refractivity contribution is 0.191. The number of aliphatic hydroxyl groups is 1. The van der Waals surface area contributed by atoms with Gasteiger partial charge in [0.2, 0.25) is 0 Å². The molecule has 2 nitrogen and oxygen atoms in total. The van der Waals surface area contributed by atoms with E-state index in [9.17, 15) is 5.11 Å². The fourth-order valence-electron chi connectivity index (χ4n) is 2.25.